The summed E-state index contributed by atoms with van der Waals surface area (Å²) in [5.74, 6) is 1.31. The van der Waals surface area contributed by atoms with Crippen molar-refractivity contribution in [3.8, 4) is 11.5 Å². The van der Waals surface area contributed by atoms with E-state index >= 15 is 0 Å². The molecule has 1 fully saturated rings. The van der Waals surface area contributed by atoms with Crippen LogP contribution in [0.3, 0.4) is 0 Å². The molecule has 0 spiro atoms. The minimum Gasteiger partial charge on any atom is -0.650 e. The van der Waals surface area contributed by atoms with Crippen LogP contribution in [0.5, 0.6) is 11.5 Å². The molecule has 215 valence electrons. The first-order chi connectivity index (χ1) is 19.6. The van der Waals surface area contributed by atoms with Gasteiger partial charge in [0.2, 0.25) is 0 Å². The summed E-state index contributed by atoms with van der Waals surface area (Å²) in [6.45, 7) is 6.56. The number of benzene rings is 3. The molecule has 10 heteroatoms. The third-order valence-corrected chi connectivity index (χ3v) is 7.69. The minimum absolute atomic E-state index is 0. The standard InChI is InChI=1S/C25H29ClN3O2.C6H5ClO2.Y/c26-19-5-8-23-22(17-19)21-9-10-27-24(25(21)28-23)18-3-6-20(7-4-18)31-14-2-1-11-29-12-15-30-16-13-29;7-5-1-3-6(9-8)4-2-5;/h3-8,17,24,28H,1-2,9-16H2;1-4,8H;/q-1;;. The van der Waals surface area contributed by atoms with Crippen molar-refractivity contribution >= 4 is 34.1 Å². The number of H-pyrrole nitrogens is 1. The molecule has 1 aromatic heterocycles. The van der Waals surface area contributed by atoms with Crippen molar-refractivity contribution in [2.45, 2.75) is 25.3 Å². The van der Waals surface area contributed by atoms with E-state index in [2.05, 4.69) is 51.2 Å². The zero-order valence-corrected chi connectivity index (χ0v) is 27.2. The van der Waals surface area contributed by atoms with Gasteiger partial charge >= 0.3 is 0 Å². The average Bonchev–Trinajstić information content (AvgIpc) is 3.37. The molecule has 7 nitrogen and oxygen atoms in total. The van der Waals surface area contributed by atoms with Crippen LogP contribution in [0.25, 0.3) is 16.2 Å². The molecule has 1 unspecified atom stereocenters. The van der Waals surface area contributed by atoms with Gasteiger partial charge in [0.05, 0.1) is 19.8 Å². The van der Waals surface area contributed by atoms with Gasteiger partial charge in [-0.1, -0.05) is 46.9 Å². The van der Waals surface area contributed by atoms with Crippen molar-refractivity contribution in [1.82, 2.24) is 9.88 Å². The molecule has 1 radical (unpaired) electrons. The van der Waals surface area contributed by atoms with Crippen molar-refractivity contribution in [3.05, 3.63) is 98.9 Å². The van der Waals surface area contributed by atoms with Gasteiger partial charge in [0.15, 0.2) is 5.75 Å². The fourth-order valence-electron chi connectivity index (χ4n) is 5.11. The molecule has 0 bridgehead atoms. The number of aromatic amines is 1. The smallest absolute Gasteiger partial charge is 0.165 e. The Bertz CT molecular complexity index is 1360. The fourth-order valence-corrected chi connectivity index (χ4v) is 5.40. The van der Waals surface area contributed by atoms with Crippen molar-refractivity contribution in [2.75, 3.05) is 46.0 Å². The van der Waals surface area contributed by atoms with Gasteiger partial charge in [-0.05, 0) is 86.0 Å². The summed E-state index contributed by atoms with van der Waals surface area (Å²) in [5, 5.41) is 15.6. The Hall–Kier alpha value is -1.68. The summed E-state index contributed by atoms with van der Waals surface area (Å²) in [6.07, 6.45) is 3.18. The van der Waals surface area contributed by atoms with E-state index in [1.165, 1.54) is 22.2 Å². The first-order valence-electron chi connectivity index (χ1n) is 13.7. The van der Waals surface area contributed by atoms with E-state index in [1.807, 2.05) is 6.07 Å². The zero-order valence-electron chi connectivity index (χ0n) is 22.9. The van der Waals surface area contributed by atoms with Gasteiger partial charge in [-0.3, -0.25) is 4.90 Å². The Morgan fingerprint density at radius 2 is 1.63 bits per heavy atom. The number of ether oxygens (including phenoxy) is 2. The van der Waals surface area contributed by atoms with Gasteiger partial charge < -0.3 is 24.7 Å². The molecular formula is C31H34Cl2N3O4Y-. The van der Waals surface area contributed by atoms with E-state index in [4.69, 9.17) is 43.2 Å². The van der Waals surface area contributed by atoms with Gasteiger partial charge in [0.1, 0.15) is 5.75 Å². The van der Waals surface area contributed by atoms with E-state index in [9.17, 15) is 0 Å². The van der Waals surface area contributed by atoms with E-state index in [-0.39, 0.29) is 38.8 Å². The molecule has 41 heavy (non-hydrogen) atoms. The molecule has 3 heterocycles. The van der Waals surface area contributed by atoms with Gasteiger partial charge in [-0.25, -0.2) is 5.26 Å². The van der Waals surface area contributed by atoms with E-state index in [0.29, 0.717) is 10.8 Å². The molecule has 0 aliphatic carbocycles. The quantitative estimate of drug-likeness (QED) is 0.115. The maximum absolute atomic E-state index is 8.09. The molecule has 1 saturated heterocycles. The second-order valence-electron chi connectivity index (χ2n) is 9.89. The predicted molar refractivity (Wildman–Crippen MR) is 160 cm³/mol. The first-order valence-corrected chi connectivity index (χ1v) is 14.4. The molecule has 2 aliphatic rings. The molecule has 0 amide bonds. The van der Waals surface area contributed by atoms with Crippen LogP contribution in [0.15, 0.2) is 66.7 Å². The summed E-state index contributed by atoms with van der Waals surface area (Å²) in [5.41, 5.74) is 4.87. The predicted octanol–water partition coefficient (Wildman–Crippen LogP) is 7.52. The van der Waals surface area contributed by atoms with Crippen molar-refractivity contribution < 1.29 is 52.3 Å². The monoisotopic (exact) mass is 671 g/mol. The number of nitrogens with zero attached hydrogens (tertiary/aromatic N) is 2. The number of hydrogen-bond acceptors (Lipinski definition) is 5. The summed E-state index contributed by atoms with van der Waals surface area (Å²) in [7, 11) is 0. The third-order valence-electron chi connectivity index (χ3n) is 7.20. The van der Waals surface area contributed by atoms with E-state index in [0.717, 1.165) is 81.6 Å². The number of fused-ring (bicyclic) bond motifs is 3. The van der Waals surface area contributed by atoms with Crippen LogP contribution in [-0.4, -0.2) is 61.1 Å². The second-order valence-corrected chi connectivity index (χ2v) is 10.8. The number of rotatable bonds is 8. The van der Waals surface area contributed by atoms with Crippen LogP contribution in [-0.2, 0) is 43.9 Å². The maximum Gasteiger partial charge on any atom is 0.165 e. The summed E-state index contributed by atoms with van der Waals surface area (Å²) in [4.78, 5) is 9.97. The zero-order chi connectivity index (χ0) is 27.7. The van der Waals surface area contributed by atoms with Crippen LogP contribution in [0.2, 0.25) is 10.0 Å². The van der Waals surface area contributed by atoms with Gasteiger partial charge in [-0.2, -0.15) is 0 Å². The Morgan fingerprint density at radius 1 is 0.927 bits per heavy atom. The summed E-state index contributed by atoms with van der Waals surface area (Å²) in [6, 6.07) is 20.9. The van der Waals surface area contributed by atoms with E-state index in [1.54, 1.807) is 24.3 Å². The first kappa shape index (κ1) is 32.2. The molecule has 2 N–H and O–H groups in total. The van der Waals surface area contributed by atoms with Crippen LogP contribution in [0.1, 0.15) is 35.7 Å². The Kier molecular flexibility index (Phi) is 12.8. The molecule has 2 aliphatic heterocycles. The van der Waals surface area contributed by atoms with Gasteiger partial charge in [-0.15, -0.1) is 6.54 Å². The number of hydrogen-bond donors (Lipinski definition) is 2. The minimum atomic E-state index is 0. The summed E-state index contributed by atoms with van der Waals surface area (Å²) < 4.78 is 11.4. The molecule has 3 aromatic carbocycles. The van der Waals surface area contributed by atoms with Crippen molar-refractivity contribution in [1.29, 1.82) is 0 Å². The van der Waals surface area contributed by atoms with E-state index < -0.39 is 0 Å². The van der Waals surface area contributed by atoms with Crippen molar-refractivity contribution in [2.24, 2.45) is 0 Å². The number of halogens is 2. The number of nitrogens with one attached hydrogen (secondary N) is 1. The molecular weight excluding hydrogens is 638 g/mol. The average molecular weight is 672 g/mol. The van der Waals surface area contributed by atoms with Crippen LogP contribution in [0.4, 0.5) is 0 Å². The molecule has 6 rings (SSSR count). The van der Waals surface area contributed by atoms with Crippen LogP contribution >= 0.6 is 23.2 Å². The van der Waals surface area contributed by atoms with Crippen molar-refractivity contribution in [3.63, 3.8) is 0 Å². The molecule has 0 saturated carbocycles. The SMILES string of the molecule is Clc1ccc2[nH]c3c(c2c1)CC[N-]C3c1ccc(OCCCCN2CCOCC2)cc1.OOc1ccc(Cl)cc1.[Y]. The number of unbranched alkanes of at least 4 members (excludes halogenated alkanes) is 1. The largest absolute Gasteiger partial charge is 0.650 e. The molecule has 4 aromatic rings. The fraction of sp³-hybridized carbons (Fsp3) is 0.355. The topological polar surface area (TPSA) is 81.1 Å². The number of morpholine rings is 1. The normalized spacial score (nSPS) is 16.7. The second kappa shape index (κ2) is 16.2. The maximum atomic E-state index is 8.09. The third kappa shape index (κ3) is 8.91. The Labute approximate surface area is 276 Å². The summed E-state index contributed by atoms with van der Waals surface area (Å²) >= 11 is 11.8. The Morgan fingerprint density at radius 3 is 2.37 bits per heavy atom. The van der Waals surface area contributed by atoms with Crippen LogP contribution < -0.4 is 9.62 Å². The van der Waals surface area contributed by atoms with Gasteiger partial charge in [0, 0.05) is 72.4 Å². The van der Waals surface area contributed by atoms with Gasteiger partial charge in [0.25, 0.3) is 0 Å². The Balaban J connectivity index is 0.000000333. The molecule has 1 atom stereocenters. The number of aromatic nitrogens is 1. The van der Waals surface area contributed by atoms with Crippen LogP contribution in [0, 0.1) is 0 Å².